The highest BCUT2D eigenvalue weighted by Gasteiger charge is 2.38. The number of nitrogens with zero attached hydrogens (tertiary/aromatic N) is 5. The molecule has 1 N–H and O–H groups in total. The first-order valence-corrected chi connectivity index (χ1v) is 11.1. The Morgan fingerprint density at radius 3 is 2.65 bits per heavy atom. The first-order chi connectivity index (χ1) is 14.9. The van der Waals surface area contributed by atoms with E-state index in [-0.39, 0.29) is 11.0 Å². The number of aromatic nitrogens is 4. The van der Waals surface area contributed by atoms with E-state index in [4.69, 9.17) is 11.6 Å². The summed E-state index contributed by atoms with van der Waals surface area (Å²) in [5.41, 5.74) is -0.556. The second kappa shape index (κ2) is 8.01. The van der Waals surface area contributed by atoms with Crippen molar-refractivity contribution in [1.29, 1.82) is 0 Å². The maximum absolute atomic E-state index is 13.9. The summed E-state index contributed by atoms with van der Waals surface area (Å²) in [5.74, 6) is 0.426. The highest BCUT2D eigenvalue weighted by atomic mass is 35.5. The van der Waals surface area contributed by atoms with Crippen LogP contribution >= 0.6 is 22.9 Å². The summed E-state index contributed by atoms with van der Waals surface area (Å²) in [6.07, 6.45) is -3.02. The average Bonchev–Trinajstić information content (AvgIpc) is 3.39. The summed E-state index contributed by atoms with van der Waals surface area (Å²) in [4.78, 5) is 14.9. The van der Waals surface area contributed by atoms with Gasteiger partial charge in [0, 0.05) is 61.3 Å². The SMILES string of the molecule is FC(F)(F)c1nc2cc(Cl)ccc2c2c1nc(-c1nccs1)n2CCN1CCNCC1. The van der Waals surface area contributed by atoms with Gasteiger partial charge in [-0.2, -0.15) is 13.2 Å². The van der Waals surface area contributed by atoms with Gasteiger partial charge in [-0.1, -0.05) is 11.6 Å². The number of halogens is 4. The van der Waals surface area contributed by atoms with E-state index in [9.17, 15) is 13.2 Å². The van der Waals surface area contributed by atoms with Gasteiger partial charge in [0.2, 0.25) is 0 Å². The fourth-order valence-corrected chi connectivity index (χ4v) is 4.75. The van der Waals surface area contributed by atoms with E-state index in [1.165, 1.54) is 17.4 Å². The smallest absolute Gasteiger partial charge is 0.320 e. The van der Waals surface area contributed by atoms with E-state index >= 15 is 0 Å². The molecule has 0 atom stereocenters. The van der Waals surface area contributed by atoms with Crippen molar-refractivity contribution in [2.75, 3.05) is 32.7 Å². The lowest BCUT2D eigenvalue weighted by Crippen LogP contribution is -2.44. The average molecular weight is 467 g/mol. The molecule has 11 heteroatoms. The molecule has 6 nitrogen and oxygen atoms in total. The number of rotatable bonds is 4. The highest BCUT2D eigenvalue weighted by Crippen LogP contribution is 2.39. The molecule has 1 saturated heterocycles. The number of alkyl halides is 3. The van der Waals surface area contributed by atoms with Crippen molar-refractivity contribution in [3.63, 3.8) is 0 Å². The highest BCUT2D eigenvalue weighted by molar-refractivity contribution is 7.13. The molecule has 4 aromatic rings. The van der Waals surface area contributed by atoms with Crippen molar-refractivity contribution in [3.8, 4) is 10.8 Å². The first kappa shape index (κ1) is 20.6. The molecular weight excluding hydrogens is 449 g/mol. The summed E-state index contributed by atoms with van der Waals surface area (Å²) in [6, 6.07) is 4.83. The van der Waals surface area contributed by atoms with Crippen LogP contribution in [0.25, 0.3) is 32.8 Å². The van der Waals surface area contributed by atoms with Crippen LogP contribution in [-0.2, 0) is 12.7 Å². The van der Waals surface area contributed by atoms with Crippen LogP contribution in [0.15, 0.2) is 29.8 Å². The number of nitrogens with one attached hydrogen (secondary N) is 1. The molecule has 162 valence electrons. The van der Waals surface area contributed by atoms with Crippen molar-refractivity contribution in [3.05, 3.63) is 40.5 Å². The summed E-state index contributed by atoms with van der Waals surface area (Å²) < 4.78 is 43.7. The minimum absolute atomic E-state index is 0.159. The van der Waals surface area contributed by atoms with E-state index < -0.39 is 11.9 Å². The molecule has 1 aromatic carbocycles. The van der Waals surface area contributed by atoms with Gasteiger partial charge >= 0.3 is 6.18 Å². The van der Waals surface area contributed by atoms with Gasteiger partial charge in [-0.05, 0) is 18.2 Å². The lowest BCUT2D eigenvalue weighted by molar-refractivity contribution is -0.139. The molecule has 0 saturated carbocycles. The normalized spacial score (nSPS) is 15.9. The zero-order valence-electron chi connectivity index (χ0n) is 16.3. The maximum Gasteiger partial charge on any atom is 0.435 e. The Morgan fingerprint density at radius 1 is 1.13 bits per heavy atom. The molecule has 1 aliphatic rings. The van der Waals surface area contributed by atoms with Crippen molar-refractivity contribution < 1.29 is 13.2 Å². The van der Waals surface area contributed by atoms with Crippen molar-refractivity contribution in [1.82, 2.24) is 29.7 Å². The lowest BCUT2D eigenvalue weighted by atomic mass is 10.1. The third-order valence-corrected chi connectivity index (χ3v) is 6.38. The molecule has 3 aromatic heterocycles. The van der Waals surface area contributed by atoms with E-state index in [0.717, 1.165) is 26.2 Å². The number of thiazole rings is 1. The Bertz CT molecular complexity index is 1230. The van der Waals surface area contributed by atoms with Gasteiger partial charge in [-0.15, -0.1) is 11.3 Å². The molecule has 0 bridgehead atoms. The Kier molecular flexibility index (Phi) is 5.33. The summed E-state index contributed by atoms with van der Waals surface area (Å²) in [7, 11) is 0. The first-order valence-electron chi connectivity index (χ1n) is 9.81. The Morgan fingerprint density at radius 2 is 1.94 bits per heavy atom. The van der Waals surface area contributed by atoms with Gasteiger partial charge in [0.25, 0.3) is 0 Å². The Balaban J connectivity index is 1.75. The minimum atomic E-state index is -4.65. The number of hydrogen-bond donors (Lipinski definition) is 1. The molecule has 1 fully saturated rings. The van der Waals surface area contributed by atoms with E-state index in [1.54, 1.807) is 23.7 Å². The summed E-state index contributed by atoms with van der Waals surface area (Å²) in [6.45, 7) is 4.77. The Hall–Kier alpha value is -2.27. The molecule has 0 amide bonds. The number of hydrogen-bond acceptors (Lipinski definition) is 6. The molecule has 0 unspecified atom stereocenters. The van der Waals surface area contributed by atoms with Crippen LogP contribution in [0, 0.1) is 0 Å². The Labute approximate surface area is 184 Å². The maximum atomic E-state index is 13.9. The minimum Gasteiger partial charge on any atom is -0.320 e. The number of piperazine rings is 1. The quantitative estimate of drug-likeness (QED) is 0.486. The van der Waals surface area contributed by atoms with Crippen LogP contribution in [0.1, 0.15) is 5.69 Å². The lowest BCUT2D eigenvalue weighted by Gasteiger charge is -2.27. The fraction of sp³-hybridized carbons (Fsp3) is 0.350. The standard InChI is InChI=1S/C20H18ClF3N6S/c21-12-1-2-13-14(11-12)27-17(20(22,23)24)15-16(13)30(9-8-29-6-3-25-4-7-29)18(28-15)19-26-5-10-31-19/h1-2,5,10-11,25H,3-4,6-9H2. The van der Waals surface area contributed by atoms with Crippen molar-refractivity contribution in [2.45, 2.75) is 12.7 Å². The van der Waals surface area contributed by atoms with E-state index in [2.05, 4.69) is 25.2 Å². The second-order valence-electron chi connectivity index (χ2n) is 7.33. The van der Waals surface area contributed by atoms with Crippen molar-refractivity contribution in [2.24, 2.45) is 0 Å². The molecule has 1 aliphatic heterocycles. The summed E-state index contributed by atoms with van der Waals surface area (Å²) in [5, 5.41) is 6.59. The number of fused-ring (bicyclic) bond motifs is 3. The molecule has 0 aliphatic carbocycles. The van der Waals surface area contributed by atoms with E-state index in [0.29, 0.717) is 39.8 Å². The molecule has 0 radical (unpaired) electrons. The van der Waals surface area contributed by atoms with Gasteiger partial charge in [0.1, 0.15) is 5.52 Å². The van der Waals surface area contributed by atoms with Gasteiger partial charge in [-0.25, -0.2) is 15.0 Å². The van der Waals surface area contributed by atoms with Crippen LogP contribution in [-0.4, -0.2) is 57.1 Å². The topological polar surface area (TPSA) is 58.9 Å². The molecule has 5 rings (SSSR count). The summed E-state index contributed by atoms with van der Waals surface area (Å²) >= 11 is 7.41. The van der Waals surface area contributed by atoms with Crippen LogP contribution in [0.2, 0.25) is 5.02 Å². The molecular formula is C20H18ClF3N6S. The fourth-order valence-electron chi connectivity index (χ4n) is 3.95. The predicted octanol–water partition coefficient (Wildman–Crippen LogP) is 4.29. The van der Waals surface area contributed by atoms with Gasteiger partial charge < -0.3 is 9.88 Å². The number of pyridine rings is 1. The van der Waals surface area contributed by atoms with E-state index in [1.807, 2.05) is 4.57 Å². The van der Waals surface area contributed by atoms with Crippen LogP contribution in [0.3, 0.4) is 0 Å². The largest absolute Gasteiger partial charge is 0.435 e. The third kappa shape index (κ3) is 3.89. The monoisotopic (exact) mass is 466 g/mol. The van der Waals surface area contributed by atoms with Gasteiger partial charge in [0.05, 0.1) is 11.0 Å². The predicted molar refractivity (Wildman–Crippen MR) is 115 cm³/mol. The van der Waals surface area contributed by atoms with Gasteiger partial charge in [-0.3, -0.25) is 4.90 Å². The molecule has 31 heavy (non-hydrogen) atoms. The zero-order valence-corrected chi connectivity index (χ0v) is 17.9. The number of imidazole rings is 1. The van der Waals surface area contributed by atoms with Gasteiger partial charge in [0.15, 0.2) is 16.5 Å². The second-order valence-corrected chi connectivity index (χ2v) is 8.66. The van der Waals surface area contributed by atoms with Crippen LogP contribution in [0.5, 0.6) is 0 Å². The third-order valence-electron chi connectivity index (χ3n) is 5.38. The zero-order chi connectivity index (χ0) is 21.6. The van der Waals surface area contributed by atoms with Crippen molar-refractivity contribution >= 4 is 44.9 Å². The van der Waals surface area contributed by atoms with Crippen LogP contribution < -0.4 is 5.32 Å². The number of benzene rings is 1. The van der Waals surface area contributed by atoms with Crippen LogP contribution in [0.4, 0.5) is 13.2 Å². The molecule has 0 spiro atoms. The molecule has 4 heterocycles.